The van der Waals surface area contributed by atoms with E-state index in [4.69, 9.17) is 11.6 Å². The molecule has 0 aromatic heterocycles. The minimum absolute atomic E-state index is 0.125. The maximum Gasteiger partial charge on any atom is 0.416 e. The Morgan fingerprint density at radius 2 is 1.83 bits per heavy atom. The zero-order valence-electron chi connectivity index (χ0n) is 12.5. The van der Waals surface area contributed by atoms with Gasteiger partial charge in [0.25, 0.3) is 5.91 Å². The number of carbonyl (C=O) groups is 1. The van der Waals surface area contributed by atoms with Crippen LogP contribution in [0.4, 0.5) is 13.2 Å². The summed E-state index contributed by atoms with van der Waals surface area (Å²) in [6, 6.07) is 10.7. The van der Waals surface area contributed by atoms with Crippen LogP contribution in [0.15, 0.2) is 48.5 Å². The molecule has 2 rings (SSSR count). The second-order valence-electron chi connectivity index (χ2n) is 5.19. The maximum absolute atomic E-state index is 12.5. The Morgan fingerprint density at radius 3 is 2.42 bits per heavy atom. The summed E-state index contributed by atoms with van der Waals surface area (Å²) in [7, 11) is 0. The number of rotatable bonds is 5. The highest BCUT2D eigenvalue weighted by Crippen LogP contribution is 2.29. The summed E-state index contributed by atoms with van der Waals surface area (Å²) in [6.45, 7) is 0.174. The van der Waals surface area contributed by atoms with Crippen LogP contribution in [0, 0.1) is 0 Å². The summed E-state index contributed by atoms with van der Waals surface area (Å²) in [6.07, 6.45) is -4.97. The van der Waals surface area contributed by atoms with Crippen molar-refractivity contribution in [1.29, 1.82) is 0 Å². The molecule has 0 saturated carbocycles. The standard InChI is InChI=1S/C17H15ClF3NO2/c18-14-3-1-2-12(10-14)15(23)8-9-22-16(24)11-4-6-13(7-5-11)17(19,20)21/h1-7,10,15,23H,8-9H2,(H,22,24). The molecule has 0 saturated heterocycles. The Kier molecular flexibility index (Phi) is 5.85. The van der Waals surface area contributed by atoms with Crippen LogP contribution in [-0.2, 0) is 6.18 Å². The smallest absolute Gasteiger partial charge is 0.388 e. The van der Waals surface area contributed by atoms with Crippen LogP contribution in [0.25, 0.3) is 0 Å². The van der Waals surface area contributed by atoms with Crippen molar-refractivity contribution in [2.75, 3.05) is 6.54 Å². The van der Waals surface area contributed by atoms with Gasteiger partial charge in [-0.05, 0) is 48.4 Å². The maximum atomic E-state index is 12.5. The van der Waals surface area contributed by atoms with Crippen molar-refractivity contribution in [1.82, 2.24) is 5.32 Å². The Bertz CT molecular complexity index is 702. The first-order valence-electron chi connectivity index (χ1n) is 7.16. The molecule has 3 nitrogen and oxygen atoms in total. The van der Waals surface area contributed by atoms with E-state index in [9.17, 15) is 23.1 Å². The molecule has 2 aromatic rings. The van der Waals surface area contributed by atoms with E-state index in [2.05, 4.69) is 5.32 Å². The van der Waals surface area contributed by atoms with E-state index in [-0.39, 0.29) is 18.5 Å². The van der Waals surface area contributed by atoms with Gasteiger partial charge in [0.15, 0.2) is 0 Å². The van der Waals surface area contributed by atoms with Crippen LogP contribution in [0.5, 0.6) is 0 Å². The number of halogens is 4. The number of aliphatic hydroxyl groups excluding tert-OH is 1. The lowest BCUT2D eigenvalue weighted by atomic mass is 10.1. The Balaban J connectivity index is 1.87. The molecule has 0 radical (unpaired) electrons. The van der Waals surface area contributed by atoms with Crippen LogP contribution in [0.1, 0.15) is 34.0 Å². The van der Waals surface area contributed by atoms with Crippen LogP contribution in [-0.4, -0.2) is 17.6 Å². The van der Waals surface area contributed by atoms with Gasteiger partial charge in [-0.1, -0.05) is 23.7 Å². The predicted molar refractivity (Wildman–Crippen MR) is 84.8 cm³/mol. The van der Waals surface area contributed by atoms with Gasteiger partial charge in [-0.25, -0.2) is 0 Å². The molecule has 0 aliphatic heterocycles. The lowest BCUT2D eigenvalue weighted by molar-refractivity contribution is -0.137. The molecule has 0 fully saturated rings. The monoisotopic (exact) mass is 357 g/mol. The molecule has 0 aliphatic carbocycles. The summed E-state index contributed by atoms with van der Waals surface area (Å²) in [5, 5.41) is 13.1. The zero-order chi connectivity index (χ0) is 17.7. The van der Waals surface area contributed by atoms with Gasteiger partial charge in [0, 0.05) is 17.1 Å². The van der Waals surface area contributed by atoms with Crippen molar-refractivity contribution in [2.24, 2.45) is 0 Å². The van der Waals surface area contributed by atoms with Crippen LogP contribution < -0.4 is 5.32 Å². The van der Waals surface area contributed by atoms with Gasteiger partial charge in [-0.3, -0.25) is 4.79 Å². The van der Waals surface area contributed by atoms with Crippen molar-refractivity contribution in [3.8, 4) is 0 Å². The molecular weight excluding hydrogens is 343 g/mol. The highest BCUT2D eigenvalue weighted by molar-refractivity contribution is 6.30. The Hall–Kier alpha value is -2.05. The van der Waals surface area contributed by atoms with Crippen LogP contribution in [0.2, 0.25) is 5.02 Å². The fourth-order valence-electron chi connectivity index (χ4n) is 2.12. The van der Waals surface area contributed by atoms with E-state index < -0.39 is 23.8 Å². The number of benzene rings is 2. The fraction of sp³-hybridized carbons (Fsp3) is 0.235. The first-order valence-corrected chi connectivity index (χ1v) is 7.54. The quantitative estimate of drug-likeness (QED) is 0.842. The average molecular weight is 358 g/mol. The highest BCUT2D eigenvalue weighted by Gasteiger charge is 2.30. The lowest BCUT2D eigenvalue weighted by Crippen LogP contribution is -2.25. The number of aliphatic hydroxyl groups is 1. The second-order valence-corrected chi connectivity index (χ2v) is 5.63. The number of nitrogens with one attached hydrogen (secondary N) is 1. The summed E-state index contributed by atoms with van der Waals surface area (Å²) >= 11 is 5.84. The number of hydrogen-bond acceptors (Lipinski definition) is 2. The van der Waals surface area contributed by atoms with E-state index in [0.29, 0.717) is 10.6 Å². The van der Waals surface area contributed by atoms with Gasteiger partial charge in [-0.2, -0.15) is 13.2 Å². The molecule has 0 heterocycles. The van der Waals surface area contributed by atoms with E-state index in [1.54, 1.807) is 24.3 Å². The molecule has 0 spiro atoms. The minimum Gasteiger partial charge on any atom is -0.388 e. The fourth-order valence-corrected chi connectivity index (χ4v) is 2.31. The summed E-state index contributed by atoms with van der Waals surface area (Å²) in [5.74, 6) is -0.498. The summed E-state index contributed by atoms with van der Waals surface area (Å²) < 4.78 is 37.4. The number of hydrogen-bond donors (Lipinski definition) is 2. The normalized spacial score (nSPS) is 12.7. The molecule has 1 unspecified atom stereocenters. The third kappa shape index (κ3) is 4.97. The Morgan fingerprint density at radius 1 is 1.17 bits per heavy atom. The molecule has 1 atom stereocenters. The van der Waals surface area contributed by atoms with Crippen LogP contribution >= 0.6 is 11.6 Å². The third-order valence-corrected chi connectivity index (χ3v) is 3.65. The zero-order valence-corrected chi connectivity index (χ0v) is 13.2. The first-order chi connectivity index (χ1) is 11.3. The number of carbonyl (C=O) groups excluding carboxylic acids is 1. The SMILES string of the molecule is O=C(NCCC(O)c1cccc(Cl)c1)c1ccc(C(F)(F)F)cc1. The summed E-state index contributed by atoms with van der Waals surface area (Å²) in [5.41, 5.74) is -0.0537. The molecule has 2 aromatic carbocycles. The third-order valence-electron chi connectivity index (χ3n) is 3.41. The molecule has 24 heavy (non-hydrogen) atoms. The number of alkyl halides is 3. The van der Waals surface area contributed by atoms with Crippen molar-refractivity contribution in [2.45, 2.75) is 18.7 Å². The molecule has 7 heteroatoms. The first kappa shape index (κ1) is 18.3. The minimum atomic E-state index is -4.43. The van der Waals surface area contributed by atoms with Crippen molar-refractivity contribution < 1.29 is 23.1 Å². The van der Waals surface area contributed by atoms with Crippen molar-refractivity contribution in [3.63, 3.8) is 0 Å². The summed E-state index contributed by atoms with van der Waals surface area (Å²) in [4.78, 5) is 11.9. The van der Waals surface area contributed by atoms with E-state index in [1.165, 1.54) is 0 Å². The molecule has 1 amide bonds. The van der Waals surface area contributed by atoms with Crippen molar-refractivity contribution >= 4 is 17.5 Å². The van der Waals surface area contributed by atoms with Crippen molar-refractivity contribution in [3.05, 3.63) is 70.2 Å². The molecular formula is C17H15ClF3NO2. The van der Waals surface area contributed by atoms with Crippen LogP contribution in [0.3, 0.4) is 0 Å². The van der Waals surface area contributed by atoms with Gasteiger partial charge in [0.1, 0.15) is 0 Å². The second kappa shape index (κ2) is 7.68. The molecule has 0 aliphatic rings. The lowest BCUT2D eigenvalue weighted by Gasteiger charge is -2.12. The number of amides is 1. The average Bonchev–Trinajstić information content (AvgIpc) is 2.54. The molecule has 0 bridgehead atoms. The molecule has 2 N–H and O–H groups in total. The van der Waals surface area contributed by atoms with E-state index in [1.807, 2.05) is 0 Å². The van der Waals surface area contributed by atoms with Gasteiger partial charge < -0.3 is 10.4 Å². The van der Waals surface area contributed by atoms with E-state index in [0.717, 1.165) is 24.3 Å². The van der Waals surface area contributed by atoms with Gasteiger partial charge in [0.2, 0.25) is 0 Å². The predicted octanol–water partition coefficient (Wildman–Crippen LogP) is 4.21. The largest absolute Gasteiger partial charge is 0.416 e. The van der Waals surface area contributed by atoms with E-state index >= 15 is 0 Å². The Labute approximate surface area is 142 Å². The van der Waals surface area contributed by atoms with Gasteiger partial charge in [0.05, 0.1) is 11.7 Å². The molecule has 128 valence electrons. The topological polar surface area (TPSA) is 49.3 Å². The highest BCUT2D eigenvalue weighted by atomic mass is 35.5. The van der Waals surface area contributed by atoms with Gasteiger partial charge in [-0.15, -0.1) is 0 Å². The van der Waals surface area contributed by atoms with Gasteiger partial charge >= 0.3 is 6.18 Å².